The largest absolute Gasteiger partial charge is 0.378 e. The maximum Gasteiger partial charge on any atom is 0.259 e. The molecule has 6 nitrogen and oxygen atoms in total. The zero-order valence-corrected chi connectivity index (χ0v) is 12.7. The van der Waals surface area contributed by atoms with E-state index in [2.05, 4.69) is 15.4 Å². The van der Waals surface area contributed by atoms with E-state index in [0.717, 1.165) is 0 Å². The van der Waals surface area contributed by atoms with Crippen molar-refractivity contribution in [3.05, 3.63) is 71.5 Å². The second-order valence-corrected chi connectivity index (χ2v) is 5.16. The lowest BCUT2D eigenvalue weighted by atomic mass is 10.1. The van der Waals surface area contributed by atoms with Gasteiger partial charge in [-0.2, -0.15) is 0 Å². The molecular weight excluding hydrogens is 316 g/mol. The summed E-state index contributed by atoms with van der Waals surface area (Å²) in [5.74, 6) is 0.193. The van der Waals surface area contributed by atoms with Crippen molar-refractivity contribution in [2.75, 3.05) is 5.32 Å². The number of carbonyl (C=O) groups excluding carboxylic acids is 1. The third-order valence-electron chi connectivity index (χ3n) is 3.16. The van der Waals surface area contributed by atoms with Gasteiger partial charge in [0, 0.05) is 18.5 Å². The molecule has 0 unspecified atom stereocenters. The van der Waals surface area contributed by atoms with Gasteiger partial charge in [-0.15, -0.1) is 5.10 Å². The van der Waals surface area contributed by atoms with Crippen molar-refractivity contribution in [2.24, 2.45) is 0 Å². The number of hydrogen-bond acceptors (Lipinski definition) is 4. The molecule has 2 aromatic heterocycles. The smallest absolute Gasteiger partial charge is 0.259 e. The van der Waals surface area contributed by atoms with Crippen molar-refractivity contribution in [1.29, 1.82) is 0 Å². The molecule has 0 saturated carbocycles. The molecule has 0 spiro atoms. The molecule has 1 amide bonds. The summed E-state index contributed by atoms with van der Waals surface area (Å²) in [4.78, 5) is 16.2. The minimum absolute atomic E-state index is 0.298. The number of aliphatic hydroxyl groups is 1. The lowest BCUT2D eigenvalue weighted by Crippen LogP contribution is -2.21. The zero-order valence-electron chi connectivity index (χ0n) is 11.9. The van der Waals surface area contributed by atoms with Crippen LogP contribution in [0.3, 0.4) is 0 Å². The van der Waals surface area contributed by atoms with Gasteiger partial charge in [0.05, 0.1) is 5.02 Å². The monoisotopic (exact) mass is 328 g/mol. The number of amides is 1. The first-order valence-corrected chi connectivity index (χ1v) is 7.23. The molecule has 0 bridgehead atoms. The minimum atomic E-state index is -1.26. The molecule has 0 aliphatic rings. The molecule has 0 aliphatic carbocycles. The van der Waals surface area contributed by atoms with Gasteiger partial charge in [0.15, 0.2) is 17.7 Å². The number of pyridine rings is 1. The molecule has 116 valence electrons. The molecule has 0 fully saturated rings. The topological polar surface area (TPSA) is 80.0 Å². The van der Waals surface area contributed by atoms with E-state index in [1.165, 1.54) is 4.68 Å². The highest BCUT2D eigenvalue weighted by atomic mass is 35.5. The molecule has 0 radical (unpaired) electrons. The van der Waals surface area contributed by atoms with E-state index >= 15 is 0 Å². The van der Waals surface area contributed by atoms with Gasteiger partial charge in [-0.25, -0.2) is 9.67 Å². The standard InChI is InChI=1S/C16H13ClN4O2/c17-12-7-4-9-18-15(12)21-10-8-13(20-21)19-16(23)14(22)11-5-2-1-3-6-11/h1-10,14,22H,(H,19,20,23)/t14-/m0/s1. The normalized spacial score (nSPS) is 11.9. The van der Waals surface area contributed by atoms with E-state index < -0.39 is 12.0 Å². The summed E-state index contributed by atoms with van der Waals surface area (Å²) in [5.41, 5.74) is 0.511. The number of aliphatic hydroxyl groups excluding tert-OH is 1. The highest BCUT2D eigenvalue weighted by Gasteiger charge is 2.18. The first-order valence-electron chi connectivity index (χ1n) is 6.85. The van der Waals surface area contributed by atoms with Gasteiger partial charge < -0.3 is 10.4 Å². The van der Waals surface area contributed by atoms with Crippen LogP contribution in [0.5, 0.6) is 0 Å². The Balaban J connectivity index is 1.74. The van der Waals surface area contributed by atoms with Crippen molar-refractivity contribution in [3.63, 3.8) is 0 Å². The Morgan fingerprint density at radius 3 is 2.70 bits per heavy atom. The summed E-state index contributed by atoms with van der Waals surface area (Å²) < 4.78 is 1.45. The van der Waals surface area contributed by atoms with Crippen LogP contribution in [0.2, 0.25) is 5.02 Å². The molecule has 3 rings (SSSR count). The van der Waals surface area contributed by atoms with Gasteiger partial charge in [0.25, 0.3) is 5.91 Å². The Morgan fingerprint density at radius 1 is 1.17 bits per heavy atom. The number of carbonyl (C=O) groups is 1. The van der Waals surface area contributed by atoms with Gasteiger partial charge in [-0.1, -0.05) is 41.9 Å². The predicted molar refractivity (Wildman–Crippen MR) is 86.4 cm³/mol. The molecule has 0 aliphatic heterocycles. The Kier molecular flexibility index (Phi) is 4.36. The highest BCUT2D eigenvalue weighted by molar-refractivity contribution is 6.32. The van der Waals surface area contributed by atoms with E-state index in [9.17, 15) is 9.90 Å². The molecule has 2 N–H and O–H groups in total. The van der Waals surface area contributed by atoms with Crippen molar-refractivity contribution < 1.29 is 9.90 Å². The van der Waals surface area contributed by atoms with Gasteiger partial charge in [-0.3, -0.25) is 4.79 Å². The van der Waals surface area contributed by atoms with Gasteiger partial charge >= 0.3 is 0 Å². The predicted octanol–water partition coefficient (Wildman–Crippen LogP) is 2.59. The minimum Gasteiger partial charge on any atom is -0.378 e. The Labute approximate surface area is 137 Å². The fourth-order valence-corrected chi connectivity index (χ4v) is 2.24. The van der Waals surface area contributed by atoms with Crippen LogP contribution < -0.4 is 5.32 Å². The van der Waals surface area contributed by atoms with E-state index in [0.29, 0.717) is 22.2 Å². The van der Waals surface area contributed by atoms with Crippen LogP contribution in [0.15, 0.2) is 60.9 Å². The quantitative estimate of drug-likeness (QED) is 0.771. The summed E-state index contributed by atoms with van der Waals surface area (Å²) in [7, 11) is 0. The fraction of sp³-hybridized carbons (Fsp3) is 0.0625. The summed E-state index contributed by atoms with van der Waals surface area (Å²) in [6.07, 6.45) is 1.96. The third kappa shape index (κ3) is 3.39. The number of halogens is 1. The number of benzene rings is 1. The first-order chi connectivity index (χ1) is 11.1. The maximum atomic E-state index is 12.1. The average Bonchev–Trinajstić information content (AvgIpc) is 3.03. The van der Waals surface area contributed by atoms with Crippen LogP contribution in [-0.2, 0) is 4.79 Å². The molecule has 1 aromatic carbocycles. The van der Waals surface area contributed by atoms with Crippen molar-refractivity contribution >= 4 is 23.3 Å². The van der Waals surface area contributed by atoms with Crippen LogP contribution in [0.25, 0.3) is 5.82 Å². The number of hydrogen-bond donors (Lipinski definition) is 2. The van der Waals surface area contributed by atoms with E-state index in [4.69, 9.17) is 11.6 Å². The number of nitrogens with one attached hydrogen (secondary N) is 1. The van der Waals surface area contributed by atoms with E-state index in [1.54, 1.807) is 54.9 Å². The van der Waals surface area contributed by atoms with E-state index in [-0.39, 0.29) is 0 Å². The lowest BCUT2D eigenvalue weighted by molar-refractivity contribution is -0.124. The van der Waals surface area contributed by atoms with Crippen LogP contribution in [0.4, 0.5) is 5.82 Å². The second kappa shape index (κ2) is 6.60. The Bertz CT molecular complexity index is 820. The summed E-state index contributed by atoms with van der Waals surface area (Å²) in [5, 5.41) is 17.2. The second-order valence-electron chi connectivity index (χ2n) is 4.76. The molecule has 1 atom stereocenters. The average molecular weight is 329 g/mol. The Morgan fingerprint density at radius 2 is 1.96 bits per heavy atom. The van der Waals surface area contributed by atoms with Gasteiger partial charge in [0.1, 0.15) is 0 Å². The van der Waals surface area contributed by atoms with E-state index in [1.807, 2.05) is 6.07 Å². The summed E-state index contributed by atoms with van der Waals surface area (Å²) >= 11 is 6.05. The molecule has 3 aromatic rings. The molecule has 7 heteroatoms. The molecule has 2 heterocycles. The maximum absolute atomic E-state index is 12.1. The molecule has 0 saturated heterocycles. The van der Waals surface area contributed by atoms with Crippen LogP contribution in [0.1, 0.15) is 11.7 Å². The van der Waals surface area contributed by atoms with Crippen LogP contribution in [0, 0.1) is 0 Å². The lowest BCUT2D eigenvalue weighted by Gasteiger charge is -2.10. The molecule has 23 heavy (non-hydrogen) atoms. The van der Waals surface area contributed by atoms with Gasteiger partial charge in [-0.05, 0) is 17.7 Å². The number of aromatic nitrogens is 3. The molecular formula is C16H13ClN4O2. The van der Waals surface area contributed by atoms with Crippen molar-refractivity contribution in [3.8, 4) is 5.82 Å². The van der Waals surface area contributed by atoms with Gasteiger partial charge in [0.2, 0.25) is 0 Å². The number of anilines is 1. The zero-order chi connectivity index (χ0) is 16.2. The number of nitrogens with zero attached hydrogens (tertiary/aromatic N) is 3. The van der Waals surface area contributed by atoms with Crippen LogP contribution >= 0.6 is 11.6 Å². The van der Waals surface area contributed by atoms with Crippen molar-refractivity contribution in [2.45, 2.75) is 6.10 Å². The summed E-state index contributed by atoms with van der Waals surface area (Å²) in [6, 6.07) is 13.7. The Hall–Kier alpha value is -2.70. The first kappa shape index (κ1) is 15.2. The fourth-order valence-electron chi connectivity index (χ4n) is 2.04. The SMILES string of the molecule is O=C(Nc1ccn(-c2ncccc2Cl)n1)[C@@H](O)c1ccccc1. The number of rotatable bonds is 4. The van der Waals surface area contributed by atoms with Crippen LogP contribution in [-0.4, -0.2) is 25.8 Å². The third-order valence-corrected chi connectivity index (χ3v) is 3.46. The highest BCUT2D eigenvalue weighted by Crippen LogP contribution is 2.18. The van der Waals surface area contributed by atoms with Crippen molar-refractivity contribution in [1.82, 2.24) is 14.8 Å². The summed E-state index contributed by atoms with van der Waals surface area (Å²) in [6.45, 7) is 0.